The highest BCUT2D eigenvalue weighted by Crippen LogP contribution is 2.41. The number of benzene rings is 1. The third kappa shape index (κ3) is 5.50. The van der Waals surface area contributed by atoms with Gasteiger partial charge in [0.25, 0.3) is 0 Å². The summed E-state index contributed by atoms with van der Waals surface area (Å²) >= 11 is 0. The van der Waals surface area contributed by atoms with Gasteiger partial charge in [0, 0.05) is 32.5 Å². The third-order valence-corrected chi connectivity index (χ3v) is 7.70. The van der Waals surface area contributed by atoms with Gasteiger partial charge in [0.2, 0.25) is 11.8 Å². The topological polar surface area (TPSA) is 87.2 Å². The van der Waals surface area contributed by atoms with Gasteiger partial charge in [-0.25, -0.2) is 0 Å². The first-order chi connectivity index (χ1) is 16.0. The number of amides is 2. The second-order valence-corrected chi connectivity index (χ2v) is 9.83. The number of fused-ring (bicyclic) bond motifs is 2. The van der Waals surface area contributed by atoms with Crippen LogP contribution in [0.25, 0.3) is 0 Å². The van der Waals surface area contributed by atoms with Gasteiger partial charge >= 0.3 is 5.97 Å². The summed E-state index contributed by atoms with van der Waals surface area (Å²) in [5.74, 6) is 0.337. The number of rotatable bonds is 4. The van der Waals surface area contributed by atoms with Crippen LogP contribution in [-0.2, 0) is 20.8 Å². The van der Waals surface area contributed by atoms with Gasteiger partial charge < -0.3 is 19.6 Å². The number of carbonyl (C=O) groups excluding carboxylic acids is 2. The molecular weight excluding hydrogens is 420 g/mol. The maximum absolute atomic E-state index is 13.9. The minimum Gasteiger partial charge on any atom is -0.491 e. The molecule has 0 unspecified atom stereocenters. The molecule has 3 aliphatic rings. The van der Waals surface area contributed by atoms with E-state index < -0.39 is 11.4 Å². The molecule has 1 aromatic carbocycles. The molecule has 1 spiro atoms. The minimum absolute atomic E-state index is 0.00996. The van der Waals surface area contributed by atoms with Crippen molar-refractivity contribution in [2.45, 2.75) is 76.7 Å². The van der Waals surface area contributed by atoms with Gasteiger partial charge in [-0.15, -0.1) is 0 Å². The molecule has 2 fully saturated rings. The summed E-state index contributed by atoms with van der Waals surface area (Å²) in [6.07, 6.45) is 7.80. The number of hydrogen-bond donors (Lipinski definition) is 1. The first kappa shape index (κ1) is 23.6. The molecule has 33 heavy (non-hydrogen) atoms. The maximum atomic E-state index is 13.9. The molecular formula is C26H36N2O5. The van der Waals surface area contributed by atoms with E-state index in [0.29, 0.717) is 39.0 Å². The van der Waals surface area contributed by atoms with Crippen LogP contribution in [0.4, 0.5) is 0 Å². The van der Waals surface area contributed by atoms with Crippen molar-refractivity contribution < 1.29 is 24.2 Å². The fourth-order valence-electron chi connectivity index (χ4n) is 5.70. The molecule has 1 N–H and O–H groups in total. The van der Waals surface area contributed by atoms with Crippen LogP contribution in [0.5, 0.6) is 5.75 Å². The SMILES string of the molecule is O=C(O)CCCC(=O)N1CCC2(CCCCc3ccccc3OC[C@H]3CCCN3C2=O)CC1. The van der Waals surface area contributed by atoms with Crippen LogP contribution in [0.2, 0.25) is 0 Å². The van der Waals surface area contributed by atoms with E-state index in [1.54, 1.807) is 0 Å². The lowest BCUT2D eigenvalue weighted by atomic mass is 9.72. The lowest BCUT2D eigenvalue weighted by molar-refractivity contribution is -0.150. The molecule has 7 heteroatoms. The Balaban J connectivity index is 1.45. The smallest absolute Gasteiger partial charge is 0.303 e. The van der Waals surface area contributed by atoms with Crippen molar-refractivity contribution >= 4 is 17.8 Å². The molecule has 1 aromatic rings. The van der Waals surface area contributed by atoms with Crippen LogP contribution in [0.1, 0.15) is 69.8 Å². The zero-order valence-corrected chi connectivity index (χ0v) is 19.5. The van der Waals surface area contributed by atoms with Gasteiger partial charge in [-0.1, -0.05) is 24.6 Å². The standard InChI is InChI=1S/C26H36N2O5/c29-23(11-5-12-24(30)31)27-17-14-26(15-18-27)13-4-3-8-20-7-1-2-10-22(20)33-19-21-9-6-16-28(21)25(26)32/h1-2,7,10,21H,3-6,8-9,11-19H2,(H,30,31)/t21-/m1/s1. The summed E-state index contributed by atoms with van der Waals surface area (Å²) < 4.78 is 6.21. The molecule has 180 valence electrons. The number of aryl methyl sites for hydroxylation is 1. The first-order valence-corrected chi connectivity index (χ1v) is 12.5. The van der Waals surface area contributed by atoms with Crippen molar-refractivity contribution in [3.8, 4) is 5.75 Å². The molecule has 0 bridgehead atoms. The Hall–Kier alpha value is -2.57. The fourth-order valence-corrected chi connectivity index (χ4v) is 5.70. The lowest BCUT2D eigenvalue weighted by Crippen LogP contribution is -2.53. The predicted octanol–water partition coefficient (Wildman–Crippen LogP) is 3.65. The van der Waals surface area contributed by atoms with Gasteiger partial charge in [-0.3, -0.25) is 14.4 Å². The molecule has 0 aliphatic carbocycles. The van der Waals surface area contributed by atoms with Crippen LogP contribution in [0.3, 0.4) is 0 Å². The van der Waals surface area contributed by atoms with Crippen molar-refractivity contribution in [2.75, 3.05) is 26.2 Å². The number of aliphatic carboxylic acids is 1. The van der Waals surface area contributed by atoms with E-state index in [0.717, 1.165) is 50.8 Å². The van der Waals surface area contributed by atoms with Crippen LogP contribution >= 0.6 is 0 Å². The van der Waals surface area contributed by atoms with Gasteiger partial charge in [0.15, 0.2) is 0 Å². The summed E-state index contributed by atoms with van der Waals surface area (Å²) in [6, 6.07) is 8.35. The van der Waals surface area contributed by atoms with Gasteiger partial charge in [0.1, 0.15) is 12.4 Å². The van der Waals surface area contributed by atoms with E-state index in [1.165, 1.54) is 5.56 Å². The summed E-state index contributed by atoms with van der Waals surface area (Å²) in [7, 11) is 0. The fraction of sp³-hybridized carbons (Fsp3) is 0.654. The van der Waals surface area contributed by atoms with Crippen LogP contribution in [-0.4, -0.2) is 65.0 Å². The van der Waals surface area contributed by atoms with Crippen LogP contribution < -0.4 is 4.74 Å². The Kier molecular flexibility index (Phi) is 7.56. The largest absolute Gasteiger partial charge is 0.491 e. The van der Waals surface area contributed by atoms with Crippen molar-refractivity contribution in [2.24, 2.45) is 5.41 Å². The molecule has 0 saturated carbocycles. The van der Waals surface area contributed by atoms with E-state index in [1.807, 2.05) is 17.0 Å². The lowest BCUT2D eigenvalue weighted by Gasteiger charge is -2.44. The number of hydrogen-bond acceptors (Lipinski definition) is 4. The van der Waals surface area contributed by atoms with Crippen molar-refractivity contribution in [3.05, 3.63) is 29.8 Å². The van der Waals surface area contributed by atoms with Gasteiger partial charge in [-0.05, 0) is 63.0 Å². The van der Waals surface area contributed by atoms with Crippen molar-refractivity contribution in [1.29, 1.82) is 0 Å². The summed E-state index contributed by atoms with van der Waals surface area (Å²) in [5, 5.41) is 8.82. The van der Waals surface area contributed by atoms with E-state index in [4.69, 9.17) is 9.84 Å². The highest BCUT2D eigenvalue weighted by atomic mass is 16.5. The zero-order valence-electron chi connectivity index (χ0n) is 19.5. The molecule has 1 atom stereocenters. The Morgan fingerprint density at radius 2 is 1.82 bits per heavy atom. The Bertz CT molecular complexity index is 862. The molecule has 0 aromatic heterocycles. The number of ether oxygens (including phenoxy) is 1. The van der Waals surface area contributed by atoms with Crippen LogP contribution in [0.15, 0.2) is 24.3 Å². The number of nitrogens with zero attached hydrogens (tertiary/aromatic N) is 2. The average Bonchev–Trinajstić information content (AvgIpc) is 3.28. The number of para-hydroxylation sites is 1. The third-order valence-electron chi connectivity index (χ3n) is 7.70. The molecule has 3 heterocycles. The molecule has 4 rings (SSSR count). The Labute approximate surface area is 196 Å². The highest BCUT2D eigenvalue weighted by Gasteiger charge is 2.46. The Morgan fingerprint density at radius 3 is 2.61 bits per heavy atom. The Morgan fingerprint density at radius 1 is 1.03 bits per heavy atom. The van der Waals surface area contributed by atoms with Crippen LogP contribution in [0, 0.1) is 5.41 Å². The second-order valence-electron chi connectivity index (χ2n) is 9.83. The monoisotopic (exact) mass is 456 g/mol. The first-order valence-electron chi connectivity index (χ1n) is 12.5. The molecule has 7 nitrogen and oxygen atoms in total. The van der Waals surface area contributed by atoms with E-state index in [-0.39, 0.29) is 30.7 Å². The van der Waals surface area contributed by atoms with Crippen molar-refractivity contribution in [3.63, 3.8) is 0 Å². The normalized spacial score (nSPS) is 23.2. The van der Waals surface area contributed by atoms with E-state index in [9.17, 15) is 14.4 Å². The zero-order chi connectivity index (χ0) is 23.3. The minimum atomic E-state index is -0.869. The second kappa shape index (κ2) is 10.6. The molecule has 2 saturated heterocycles. The van der Waals surface area contributed by atoms with E-state index in [2.05, 4.69) is 17.0 Å². The number of carboxylic acid groups (broad SMARTS) is 1. The summed E-state index contributed by atoms with van der Waals surface area (Å²) in [5.41, 5.74) is 0.837. The molecule has 3 aliphatic heterocycles. The number of piperidine rings is 1. The summed E-state index contributed by atoms with van der Waals surface area (Å²) in [6.45, 7) is 2.48. The number of carbonyl (C=O) groups is 3. The average molecular weight is 457 g/mol. The van der Waals surface area contributed by atoms with Gasteiger partial charge in [0.05, 0.1) is 11.5 Å². The van der Waals surface area contributed by atoms with Gasteiger partial charge in [-0.2, -0.15) is 0 Å². The molecule has 0 radical (unpaired) electrons. The number of likely N-dealkylation sites (tertiary alicyclic amines) is 1. The highest BCUT2D eigenvalue weighted by molar-refractivity contribution is 5.84. The number of carboxylic acids is 1. The quantitative estimate of drug-likeness (QED) is 0.747. The van der Waals surface area contributed by atoms with E-state index >= 15 is 0 Å². The molecule has 2 amide bonds. The maximum Gasteiger partial charge on any atom is 0.303 e. The van der Waals surface area contributed by atoms with Crippen molar-refractivity contribution in [1.82, 2.24) is 9.80 Å². The predicted molar refractivity (Wildman–Crippen MR) is 124 cm³/mol. The summed E-state index contributed by atoms with van der Waals surface area (Å²) in [4.78, 5) is 41.1.